The first-order valence-electron chi connectivity index (χ1n) is 9.26. The van der Waals surface area contributed by atoms with E-state index in [1.807, 2.05) is 13.8 Å². The Morgan fingerprint density at radius 2 is 2.15 bits per heavy atom. The van der Waals surface area contributed by atoms with E-state index in [1.165, 1.54) is 6.07 Å². The number of aliphatic imine (C=N–C) groups is 1. The molecule has 2 atom stereocenters. The second-order valence-electron chi connectivity index (χ2n) is 6.43. The minimum Gasteiger partial charge on any atom is -0.379 e. The lowest BCUT2D eigenvalue weighted by Gasteiger charge is -2.14. The zero-order chi connectivity index (χ0) is 18.8. The molecule has 1 heterocycles. The number of ether oxygens (including phenoxy) is 2. The molecular weight excluding hydrogens is 467 g/mol. The van der Waals surface area contributed by atoms with E-state index in [0.717, 1.165) is 44.2 Å². The number of rotatable bonds is 9. The monoisotopic (exact) mass is 497 g/mol. The van der Waals surface area contributed by atoms with Gasteiger partial charge in [-0.15, -0.1) is 24.0 Å². The summed E-state index contributed by atoms with van der Waals surface area (Å²) in [7, 11) is 0. The Hall–Kier alpha value is -1.00. The van der Waals surface area contributed by atoms with Crippen molar-refractivity contribution in [3.8, 4) is 0 Å². The maximum absolute atomic E-state index is 13.4. The number of nitrogens with zero attached hydrogens (tertiary/aromatic N) is 1. The summed E-state index contributed by atoms with van der Waals surface area (Å²) in [5.74, 6) is -0.945. The summed E-state index contributed by atoms with van der Waals surface area (Å²) in [5.41, 5.74) is 0.732. The molecule has 0 aliphatic carbocycles. The summed E-state index contributed by atoms with van der Waals surface area (Å²) < 4.78 is 37.4. The molecule has 0 radical (unpaired) electrons. The highest BCUT2D eigenvalue weighted by molar-refractivity contribution is 14.0. The van der Waals surface area contributed by atoms with Crippen LogP contribution in [0.4, 0.5) is 8.78 Å². The Morgan fingerprint density at radius 1 is 1.33 bits per heavy atom. The molecule has 0 saturated carbocycles. The number of benzene rings is 1. The average molecular weight is 497 g/mol. The summed E-state index contributed by atoms with van der Waals surface area (Å²) >= 11 is 0. The molecule has 1 aliphatic heterocycles. The predicted molar refractivity (Wildman–Crippen MR) is 114 cm³/mol. The molecule has 1 fully saturated rings. The van der Waals surface area contributed by atoms with E-state index in [2.05, 4.69) is 15.6 Å². The van der Waals surface area contributed by atoms with E-state index >= 15 is 0 Å². The van der Waals surface area contributed by atoms with Crippen molar-refractivity contribution in [3.05, 3.63) is 35.4 Å². The highest BCUT2D eigenvalue weighted by Crippen LogP contribution is 2.18. The molecule has 2 unspecified atom stereocenters. The molecule has 1 saturated heterocycles. The van der Waals surface area contributed by atoms with Gasteiger partial charge >= 0.3 is 0 Å². The largest absolute Gasteiger partial charge is 0.379 e. The van der Waals surface area contributed by atoms with Crippen LogP contribution in [-0.4, -0.2) is 51.5 Å². The van der Waals surface area contributed by atoms with E-state index in [4.69, 9.17) is 9.47 Å². The lowest BCUT2D eigenvalue weighted by Crippen LogP contribution is -2.38. The minimum atomic E-state index is -0.828. The molecule has 1 aromatic rings. The standard InChI is InChI=1S/C19H29F2N3O2.HI/c1-3-22-19(23-8-4-9-26-16-7-10-25-13-16)24-12-14(2)15-5-6-17(20)18(21)11-15;/h5-6,11,14,16H,3-4,7-10,12-13H2,1-2H3,(H2,22,23,24);1H. The molecule has 2 rings (SSSR count). The van der Waals surface area contributed by atoms with Gasteiger partial charge < -0.3 is 20.1 Å². The Bertz CT molecular complexity index is 584. The number of hydrogen-bond acceptors (Lipinski definition) is 3. The first-order chi connectivity index (χ1) is 12.6. The molecule has 0 bridgehead atoms. The highest BCUT2D eigenvalue weighted by atomic mass is 127. The van der Waals surface area contributed by atoms with Gasteiger partial charge in [0.2, 0.25) is 0 Å². The molecule has 0 spiro atoms. The third-order valence-electron chi connectivity index (χ3n) is 4.24. The summed E-state index contributed by atoms with van der Waals surface area (Å²) in [5, 5.41) is 6.45. The molecule has 2 N–H and O–H groups in total. The van der Waals surface area contributed by atoms with Crippen molar-refractivity contribution >= 4 is 29.9 Å². The van der Waals surface area contributed by atoms with E-state index in [1.54, 1.807) is 6.07 Å². The molecule has 5 nitrogen and oxygen atoms in total. The van der Waals surface area contributed by atoms with Crippen LogP contribution in [0.3, 0.4) is 0 Å². The third-order valence-corrected chi connectivity index (χ3v) is 4.24. The van der Waals surface area contributed by atoms with Crippen LogP contribution in [0.25, 0.3) is 0 Å². The van der Waals surface area contributed by atoms with Gasteiger partial charge in [-0.1, -0.05) is 13.0 Å². The van der Waals surface area contributed by atoms with E-state index < -0.39 is 11.6 Å². The maximum atomic E-state index is 13.4. The smallest absolute Gasteiger partial charge is 0.191 e. The van der Waals surface area contributed by atoms with Crippen molar-refractivity contribution in [1.82, 2.24) is 10.6 Å². The predicted octanol–water partition coefficient (Wildman–Crippen LogP) is 3.44. The molecule has 27 heavy (non-hydrogen) atoms. The minimum absolute atomic E-state index is 0. The molecule has 1 aliphatic rings. The van der Waals surface area contributed by atoms with Crippen LogP contribution in [0.15, 0.2) is 23.2 Å². The topological polar surface area (TPSA) is 54.9 Å². The number of hydrogen-bond donors (Lipinski definition) is 2. The Balaban J connectivity index is 0.00000364. The van der Waals surface area contributed by atoms with Gasteiger partial charge in [0, 0.05) is 38.8 Å². The molecule has 154 valence electrons. The molecule has 1 aromatic carbocycles. The zero-order valence-electron chi connectivity index (χ0n) is 16.0. The van der Waals surface area contributed by atoms with Crippen LogP contribution in [-0.2, 0) is 9.47 Å². The van der Waals surface area contributed by atoms with Gasteiger partial charge in [-0.25, -0.2) is 8.78 Å². The Morgan fingerprint density at radius 3 is 2.81 bits per heavy atom. The summed E-state index contributed by atoms with van der Waals surface area (Å²) in [6.45, 7) is 8.09. The van der Waals surface area contributed by atoms with Crippen molar-refractivity contribution < 1.29 is 18.3 Å². The molecule has 0 amide bonds. The van der Waals surface area contributed by atoms with Crippen LogP contribution in [0.5, 0.6) is 0 Å². The lowest BCUT2D eigenvalue weighted by atomic mass is 10.0. The quantitative estimate of drug-likeness (QED) is 0.238. The molecule has 0 aromatic heterocycles. The van der Waals surface area contributed by atoms with Crippen LogP contribution in [0.2, 0.25) is 0 Å². The van der Waals surface area contributed by atoms with E-state index in [-0.39, 0.29) is 36.0 Å². The lowest BCUT2D eigenvalue weighted by molar-refractivity contribution is 0.0420. The number of guanidine groups is 1. The Kier molecular flexibility index (Phi) is 11.8. The van der Waals surface area contributed by atoms with Gasteiger partial charge in [0.25, 0.3) is 0 Å². The molecule has 8 heteroatoms. The Labute approximate surface area is 177 Å². The van der Waals surface area contributed by atoms with Crippen LogP contribution in [0.1, 0.15) is 38.2 Å². The van der Waals surface area contributed by atoms with Gasteiger partial charge in [0.1, 0.15) is 0 Å². The fourth-order valence-corrected chi connectivity index (χ4v) is 2.67. The summed E-state index contributed by atoms with van der Waals surface area (Å²) in [6.07, 6.45) is 2.08. The van der Waals surface area contributed by atoms with Gasteiger partial charge in [0.05, 0.1) is 12.7 Å². The van der Waals surface area contributed by atoms with E-state index in [9.17, 15) is 8.78 Å². The first-order valence-corrected chi connectivity index (χ1v) is 9.26. The number of halogens is 3. The second kappa shape index (κ2) is 13.2. The van der Waals surface area contributed by atoms with Gasteiger partial charge in [-0.05, 0) is 37.5 Å². The van der Waals surface area contributed by atoms with Crippen LogP contribution >= 0.6 is 24.0 Å². The van der Waals surface area contributed by atoms with Gasteiger partial charge in [-0.3, -0.25) is 4.99 Å². The van der Waals surface area contributed by atoms with Crippen LogP contribution in [0, 0.1) is 11.6 Å². The number of nitrogens with one attached hydrogen (secondary N) is 2. The van der Waals surface area contributed by atoms with Crippen molar-refractivity contribution in [3.63, 3.8) is 0 Å². The third kappa shape index (κ3) is 8.69. The van der Waals surface area contributed by atoms with Crippen molar-refractivity contribution in [2.24, 2.45) is 4.99 Å². The zero-order valence-corrected chi connectivity index (χ0v) is 18.3. The summed E-state index contributed by atoms with van der Waals surface area (Å²) in [4.78, 5) is 4.53. The fraction of sp³-hybridized carbons (Fsp3) is 0.632. The summed E-state index contributed by atoms with van der Waals surface area (Å²) in [6, 6.07) is 3.99. The molecular formula is C19H30F2IN3O2. The van der Waals surface area contributed by atoms with Crippen molar-refractivity contribution in [2.45, 2.75) is 38.7 Å². The van der Waals surface area contributed by atoms with Gasteiger partial charge in [-0.2, -0.15) is 0 Å². The van der Waals surface area contributed by atoms with Gasteiger partial charge in [0.15, 0.2) is 17.6 Å². The van der Waals surface area contributed by atoms with Crippen molar-refractivity contribution in [2.75, 3.05) is 39.5 Å². The average Bonchev–Trinajstić information content (AvgIpc) is 3.14. The van der Waals surface area contributed by atoms with Crippen molar-refractivity contribution in [1.29, 1.82) is 0 Å². The van der Waals surface area contributed by atoms with Crippen LogP contribution < -0.4 is 10.6 Å². The SMILES string of the molecule is CCNC(=NCC(C)c1ccc(F)c(F)c1)NCCCOC1CCOC1.I. The van der Waals surface area contributed by atoms with E-state index in [0.29, 0.717) is 25.7 Å². The first kappa shape index (κ1) is 24.0. The maximum Gasteiger partial charge on any atom is 0.191 e. The second-order valence-corrected chi connectivity index (χ2v) is 6.43. The normalized spacial score (nSPS) is 18.1. The fourth-order valence-electron chi connectivity index (χ4n) is 2.67. The highest BCUT2D eigenvalue weighted by Gasteiger charge is 2.15.